The number of hydrogen-bond acceptors (Lipinski definition) is 3. The summed E-state index contributed by atoms with van der Waals surface area (Å²) in [6.45, 7) is 3.98. The van der Waals surface area contributed by atoms with Crippen molar-refractivity contribution in [3.63, 3.8) is 0 Å². The first-order chi connectivity index (χ1) is 6.02. The van der Waals surface area contributed by atoms with Gasteiger partial charge in [0.15, 0.2) is 0 Å². The Hall–Kier alpha value is -1.39. The van der Waals surface area contributed by atoms with E-state index in [0.29, 0.717) is 13.0 Å². The predicted molar refractivity (Wildman–Crippen MR) is 46.1 cm³/mol. The summed E-state index contributed by atoms with van der Waals surface area (Å²) in [7, 11) is 0. The molecule has 0 radical (unpaired) electrons. The van der Waals surface area contributed by atoms with Crippen LogP contribution in [0.15, 0.2) is 12.7 Å². The van der Waals surface area contributed by atoms with Gasteiger partial charge in [-0.2, -0.15) is 5.10 Å². The smallest absolute Gasteiger partial charge is 0.309 e. The Morgan fingerprint density at radius 2 is 2.31 bits per heavy atom. The first-order valence-electron chi connectivity index (χ1n) is 4.08. The van der Waals surface area contributed by atoms with Gasteiger partial charge in [-0.05, 0) is 20.3 Å². The Labute approximate surface area is 76.4 Å². The lowest BCUT2D eigenvalue weighted by Crippen LogP contribution is -2.25. The van der Waals surface area contributed by atoms with E-state index in [1.54, 1.807) is 24.9 Å². The van der Waals surface area contributed by atoms with Crippen molar-refractivity contribution in [2.24, 2.45) is 5.41 Å². The van der Waals surface area contributed by atoms with Crippen LogP contribution < -0.4 is 0 Å². The van der Waals surface area contributed by atoms with E-state index in [4.69, 9.17) is 5.11 Å². The Kier molecular flexibility index (Phi) is 2.65. The van der Waals surface area contributed by atoms with Gasteiger partial charge in [0, 0.05) is 6.54 Å². The maximum atomic E-state index is 10.7. The third-order valence-electron chi connectivity index (χ3n) is 2.01. The fourth-order valence-electron chi connectivity index (χ4n) is 0.849. The Morgan fingerprint density at radius 1 is 1.62 bits per heavy atom. The van der Waals surface area contributed by atoms with Gasteiger partial charge in [-0.3, -0.25) is 9.48 Å². The number of aryl methyl sites for hydroxylation is 1. The SMILES string of the molecule is CC(C)(CCn1cncn1)C(=O)O. The molecule has 0 bridgehead atoms. The van der Waals surface area contributed by atoms with Crippen molar-refractivity contribution in [2.75, 3.05) is 0 Å². The van der Waals surface area contributed by atoms with Crippen LogP contribution in [-0.2, 0) is 11.3 Å². The highest BCUT2D eigenvalue weighted by Crippen LogP contribution is 2.20. The molecule has 0 amide bonds. The second-order valence-corrected chi connectivity index (χ2v) is 3.60. The molecule has 72 valence electrons. The Bertz CT molecular complexity index is 280. The van der Waals surface area contributed by atoms with Gasteiger partial charge in [0.1, 0.15) is 12.7 Å². The molecule has 0 unspecified atom stereocenters. The highest BCUT2D eigenvalue weighted by atomic mass is 16.4. The molecule has 5 nitrogen and oxygen atoms in total. The maximum Gasteiger partial charge on any atom is 0.309 e. The minimum absolute atomic E-state index is 0.547. The molecule has 1 rings (SSSR count). The molecule has 0 aliphatic rings. The fourth-order valence-corrected chi connectivity index (χ4v) is 0.849. The van der Waals surface area contributed by atoms with Crippen molar-refractivity contribution in [3.05, 3.63) is 12.7 Å². The van der Waals surface area contributed by atoms with Gasteiger partial charge >= 0.3 is 5.97 Å². The largest absolute Gasteiger partial charge is 0.481 e. The molecule has 1 N–H and O–H groups in total. The summed E-state index contributed by atoms with van der Waals surface area (Å²) >= 11 is 0. The Balaban J connectivity index is 2.47. The molecule has 0 aromatic carbocycles. The zero-order chi connectivity index (χ0) is 9.90. The maximum absolute atomic E-state index is 10.7. The van der Waals surface area contributed by atoms with E-state index in [1.165, 1.54) is 6.33 Å². The highest BCUT2D eigenvalue weighted by Gasteiger charge is 2.26. The molecule has 0 aliphatic carbocycles. The van der Waals surface area contributed by atoms with Gasteiger partial charge in [-0.1, -0.05) is 0 Å². The van der Waals surface area contributed by atoms with Crippen LogP contribution in [-0.4, -0.2) is 25.8 Å². The van der Waals surface area contributed by atoms with Crippen LogP contribution in [0, 0.1) is 5.41 Å². The van der Waals surface area contributed by atoms with Crippen LogP contribution >= 0.6 is 0 Å². The van der Waals surface area contributed by atoms with Crippen molar-refractivity contribution in [1.29, 1.82) is 0 Å². The lowest BCUT2D eigenvalue weighted by atomic mass is 9.90. The number of aromatic nitrogens is 3. The fraction of sp³-hybridized carbons (Fsp3) is 0.625. The molecular weight excluding hydrogens is 170 g/mol. The first-order valence-corrected chi connectivity index (χ1v) is 4.08. The summed E-state index contributed by atoms with van der Waals surface area (Å²) in [5.74, 6) is -0.785. The van der Waals surface area contributed by atoms with E-state index in [0.717, 1.165) is 0 Å². The van der Waals surface area contributed by atoms with E-state index in [1.807, 2.05) is 0 Å². The standard InChI is InChI=1S/C8H13N3O2/c1-8(2,7(12)13)3-4-11-6-9-5-10-11/h5-6H,3-4H2,1-2H3,(H,12,13). The third kappa shape index (κ3) is 2.54. The van der Waals surface area contributed by atoms with E-state index in [2.05, 4.69) is 10.1 Å². The van der Waals surface area contributed by atoms with Crippen LogP contribution in [0.3, 0.4) is 0 Å². The molecule has 5 heteroatoms. The summed E-state index contributed by atoms with van der Waals surface area (Å²) in [4.78, 5) is 14.5. The number of carboxylic acids is 1. The van der Waals surface area contributed by atoms with E-state index >= 15 is 0 Å². The number of aliphatic carboxylic acids is 1. The van der Waals surface area contributed by atoms with Gasteiger partial charge in [0.05, 0.1) is 5.41 Å². The molecule has 1 aromatic rings. The molecule has 0 aliphatic heterocycles. The van der Waals surface area contributed by atoms with Crippen molar-refractivity contribution in [2.45, 2.75) is 26.8 Å². The van der Waals surface area contributed by atoms with Gasteiger partial charge in [-0.25, -0.2) is 4.98 Å². The van der Waals surface area contributed by atoms with Crippen LogP contribution in [0.5, 0.6) is 0 Å². The summed E-state index contributed by atoms with van der Waals surface area (Å²) < 4.78 is 1.63. The van der Waals surface area contributed by atoms with Crippen molar-refractivity contribution < 1.29 is 9.90 Å². The monoisotopic (exact) mass is 183 g/mol. The summed E-state index contributed by atoms with van der Waals surface area (Å²) in [6, 6.07) is 0. The topological polar surface area (TPSA) is 68.0 Å². The number of nitrogens with zero attached hydrogens (tertiary/aromatic N) is 3. The molecule has 0 saturated carbocycles. The van der Waals surface area contributed by atoms with E-state index in [9.17, 15) is 4.79 Å². The van der Waals surface area contributed by atoms with Gasteiger partial charge in [0.25, 0.3) is 0 Å². The molecule has 0 saturated heterocycles. The van der Waals surface area contributed by atoms with Crippen LogP contribution in [0.4, 0.5) is 0 Å². The average Bonchev–Trinajstić information content (AvgIpc) is 2.52. The van der Waals surface area contributed by atoms with Crippen molar-refractivity contribution in [1.82, 2.24) is 14.8 Å². The minimum atomic E-state index is -0.785. The second kappa shape index (κ2) is 3.55. The van der Waals surface area contributed by atoms with E-state index < -0.39 is 11.4 Å². The first kappa shape index (κ1) is 9.70. The average molecular weight is 183 g/mol. The Morgan fingerprint density at radius 3 is 2.77 bits per heavy atom. The van der Waals surface area contributed by atoms with Crippen LogP contribution in [0.25, 0.3) is 0 Å². The highest BCUT2D eigenvalue weighted by molar-refractivity contribution is 5.73. The van der Waals surface area contributed by atoms with Gasteiger partial charge in [-0.15, -0.1) is 0 Å². The molecule has 0 spiro atoms. The van der Waals surface area contributed by atoms with E-state index in [-0.39, 0.29) is 0 Å². The molecule has 0 atom stereocenters. The van der Waals surface area contributed by atoms with Gasteiger partial charge < -0.3 is 5.11 Å². The molecular formula is C8H13N3O2. The number of carboxylic acid groups (broad SMARTS) is 1. The zero-order valence-corrected chi connectivity index (χ0v) is 7.77. The van der Waals surface area contributed by atoms with Crippen LogP contribution in [0.1, 0.15) is 20.3 Å². The van der Waals surface area contributed by atoms with Gasteiger partial charge in [0.2, 0.25) is 0 Å². The lowest BCUT2D eigenvalue weighted by molar-refractivity contribution is -0.147. The molecule has 1 heterocycles. The minimum Gasteiger partial charge on any atom is -0.481 e. The number of carbonyl (C=O) groups is 1. The predicted octanol–water partition coefficient (Wildman–Crippen LogP) is 0.779. The second-order valence-electron chi connectivity index (χ2n) is 3.60. The van der Waals surface area contributed by atoms with Crippen molar-refractivity contribution in [3.8, 4) is 0 Å². The summed E-state index contributed by atoms with van der Waals surface area (Å²) in [5.41, 5.74) is -0.702. The normalized spacial score (nSPS) is 11.5. The summed E-state index contributed by atoms with van der Waals surface area (Å²) in [5, 5.41) is 12.7. The molecule has 0 fully saturated rings. The number of rotatable bonds is 4. The number of hydrogen-bond donors (Lipinski definition) is 1. The van der Waals surface area contributed by atoms with Crippen LogP contribution in [0.2, 0.25) is 0 Å². The lowest BCUT2D eigenvalue weighted by Gasteiger charge is -2.18. The quantitative estimate of drug-likeness (QED) is 0.748. The zero-order valence-electron chi connectivity index (χ0n) is 7.77. The molecule has 1 aromatic heterocycles. The van der Waals surface area contributed by atoms with Crippen molar-refractivity contribution >= 4 is 5.97 Å². The summed E-state index contributed by atoms with van der Waals surface area (Å²) in [6.07, 6.45) is 3.57. The third-order valence-corrected chi connectivity index (χ3v) is 2.01. The molecule has 13 heavy (non-hydrogen) atoms.